The van der Waals surface area contributed by atoms with Crippen molar-refractivity contribution >= 4 is 17.0 Å². The van der Waals surface area contributed by atoms with Gasteiger partial charge in [0.05, 0.1) is 5.56 Å². The number of carboxylic acid groups (broad SMARTS) is 1. The number of aryl methyl sites for hydroxylation is 1. The molecule has 0 aliphatic carbocycles. The molecule has 1 aromatic carbocycles. The summed E-state index contributed by atoms with van der Waals surface area (Å²) in [6, 6.07) is 3.97. The standard InChI is InChI=1S/C8H8O4S/c1-5-2-3-6(13(11)12)4-7(5)8(9)10/h2-4H,1H3,(H,9,10)(H,11,12)/p-1. The average Bonchev–Trinajstić information content (AvgIpc) is 2.04. The number of aromatic carboxylic acids is 1. The molecule has 0 radical (unpaired) electrons. The van der Waals surface area contributed by atoms with Gasteiger partial charge < -0.3 is 9.66 Å². The molecule has 0 fully saturated rings. The van der Waals surface area contributed by atoms with E-state index in [9.17, 15) is 13.6 Å². The number of hydrogen-bond acceptors (Lipinski definition) is 3. The Labute approximate surface area is 77.5 Å². The summed E-state index contributed by atoms with van der Waals surface area (Å²) in [5.41, 5.74) is 0.559. The number of rotatable bonds is 2. The van der Waals surface area contributed by atoms with Crippen LogP contribution in [0.25, 0.3) is 0 Å². The van der Waals surface area contributed by atoms with Crippen molar-refractivity contribution in [3.05, 3.63) is 29.3 Å². The Balaban J connectivity index is 3.27. The fourth-order valence-corrected chi connectivity index (χ4v) is 1.33. The van der Waals surface area contributed by atoms with E-state index in [4.69, 9.17) is 5.11 Å². The fourth-order valence-electron chi connectivity index (χ4n) is 0.935. The monoisotopic (exact) mass is 199 g/mol. The van der Waals surface area contributed by atoms with Crippen LogP contribution in [0.3, 0.4) is 0 Å². The van der Waals surface area contributed by atoms with Crippen molar-refractivity contribution < 1.29 is 18.7 Å². The van der Waals surface area contributed by atoms with E-state index < -0.39 is 17.0 Å². The first-order valence-corrected chi connectivity index (χ1v) is 4.53. The normalized spacial score (nSPS) is 12.5. The molecule has 0 bridgehead atoms. The Morgan fingerprint density at radius 2 is 2.15 bits per heavy atom. The van der Waals surface area contributed by atoms with E-state index >= 15 is 0 Å². The summed E-state index contributed by atoms with van der Waals surface area (Å²) in [6.45, 7) is 1.61. The molecule has 0 heterocycles. The third-order valence-corrected chi connectivity index (χ3v) is 2.27. The summed E-state index contributed by atoms with van der Waals surface area (Å²) in [5.74, 6) is -1.12. The van der Waals surface area contributed by atoms with Crippen molar-refractivity contribution in [3.8, 4) is 0 Å². The van der Waals surface area contributed by atoms with E-state index in [0.29, 0.717) is 5.56 Å². The van der Waals surface area contributed by atoms with Crippen LogP contribution in [-0.2, 0) is 11.1 Å². The first-order chi connectivity index (χ1) is 6.02. The SMILES string of the molecule is Cc1ccc(S(=O)[O-])cc1C(=O)O. The van der Waals surface area contributed by atoms with Crippen molar-refractivity contribution in [3.63, 3.8) is 0 Å². The predicted molar refractivity (Wildman–Crippen MR) is 45.3 cm³/mol. The van der Waals surface area contributed by atoms with E-state index in [1.54, 1.807) is 6.92 Å². The highest BCUT2D eigenvalue weighted by Crippen LogP contribution is 2.13. The second-order valence-electron chi connectivity index (χ2n) is 2.52. The summed E-state index contributed by atoms with van der Waals surface area (Å²) >= 11 is -2.38. The molecule has 5 heteroatoms. The quantitative estimate of drug-likeness (QED) is 0.719. The smallest absolute Gasteiger partial charge is 0.335 e. The largest absolute Gasteiger partial charge is 0.768 e. The van der Waals surface area contributed by atoms with Gasteiger partial charge in [-0.1, -0.05) is 6.07 Å². The average molecular weight is 199 g/mol. The Bertz CT molecular complexity index is 372. The second kappa shape index (κ2) is 3.68. The summed E-state index contributed by atoms with van der Waals surface area (Å²) < 4.78 is 21.0. The van der Waals surface area contributed by atoms with E-state index in [2.05, 4.69) is 0 Å². The van der Waals surface area contributed by atoms with Gasteiger partial charge in [0.1, 0.15) is 0 Å². The van der Waals surface area contributed by atoms with Gasteiger partial charge in [-0.3, -0.25) is 4.21 Å². The fraction of sp³-hybridized carbons (Fsp3) is 0.125. The van der Waals surface area contributed by atoms with Crippen molar-refractivity contribution in [1.82, 2.24) is 0 Å². The van der Waals surface area contributed by atoms with Crippen LogP contribution in [0, 0.1) is 6.92 Å². The highest BCUT2D eigenvalue weighted by molar-refractivity contribution is 7.79. The zero-order valence-corrected chi connectivity index (χ0v) is 7.63. The van der Waals surface area contributed by atoms with Crippen molar-refractivity contribution in [2.75, 3.05) is 0 Å². The third kappa shape index (κ3) is 2.13. The van der Waals surface area contributed by atoms with Gasteiger partial charge in [0.15, 0.2) is 0 Å². The van der Waals surface area contributed by atoms with E-state index in [0.717, 1.165) is 6.07 Å². The second-order valence-corrected chi connectivity index (χ2v) is 3.46. The molecule has 0 saturated heterocycles. The highest BCUT2D eigenvalue weighted by Gasteiger charge is 2.07. The zero-order chi connectivity index (χ0) is 10.0. The van der Waals surface area contributed by atoms with Crippen LogP contribution in [-0.4, -0.2) is 19.8 Å². The Kier molecular flexibility index (Phi) is 2.79. The van der Waals surface area contributed by atoms with Crippen LogP contribution >= 0.6 is 0 Å². The Morgan fingerprint density at radius 3 is 2.62 bits per heavy atom. The van der Waals surface area contributed by atoms with Gasteiger partial charge in [-0.05, 0) is 35.7 Å². The molecule has 70 valence electrons. The predicted octanol–water partition coefficient (Wildman–Crippen LogP) is 0.931. The van der Waals surface area contributed by atoms with E-state index in [-0.39, 0.29) is 10.5 Å². The van der Waals surface area contributed by atoms with Crippen LogP contribution in [0.5, 0.6) is 0 Å². The Morgan fingerprint density at radius 1 is 1.54 bits per heavy atom. The molecule has 1 atom stereocenters. The minimum atomic E-state index is -2.38. The maximum atomic E-state index is 10.6. The summed E-state index contributed by atoms with van der Waals surface area (Å²) in [7, 11) is 0. The maximum Gasteiger partial charge on any atom is 0.335 e. The molecule has 1 N–H and O–H groups in total. The van der Waals surface area contributed by atoms with Gasteiger partial charge in [-0.15, -0.1) is 0 Å². The lowest BCUT2D eigenvalue weighted by Gasteiger charge is -2.07. The van der Waals surface area contributed by atoms with Gasteiger partial charge in [0, 0.05) is 4.90 Å². The van der Waals surface area contributed by atoms with Crippen molar-refractivity contribution in [2.24, 2.45) is 0 Å². The number of carbonyl (C=O) groups is 1. The third-order valence-electron chi connectivity index (χ3n) is 1.63. The van der Waals surface area contributed by atoms with Crippen LogP contribution in [0.4, 0.5) is 0 Å². The molecule has 4 nitrogen and oxygen atoms in total. The van der Waals surface area contributed by atoms with E-state index in [1.807, 2.05) is 0 Å². The van der Waals surface area contributed by atoms with Crippen LogP contribution in [0.2, 0.25) is 0 Å². The van der Waals surface area contributed by atoms with E-state index in [1.165, 1.54) is 12.1 Å². The van der Waals surface area contributed by atoms with Crippen LogP contribution in [0.1, 0.15) is 15.9 Å². The summed E-state index contributed by atoms with van der Waals surface area (Å²) in [6.07, 6.45) is 0. The lowest BCUT2D eigenvalue weighted by atomic mass is 10.1. The van der Waals surface area contributed by atoms with Crippen molar-refractivity contribution in [2.45, 2.75) is 11.8 Å². The van der Waals surface area contributed by atoms with Gasteiger partial charge in [0.25, 0.3) is 0 Å². The molecule has 0 amide bonds. The van der Waals surface area contributed by atoms with Gasteiger partial charge in [-0.25, -0.2) is 4.79 Å². The summed E-state index contributed by atoms with van der Waals surface area (Å²) in [5, 5.41) is 8.67. The molecule has 1 rings (SSSR count). The van der Waals surface area contributed by atoms with Gasteiger partial charge in [-0.2, -0.15) is 0 Å². The maximum absolute atomic E-state index is 10.6. The molecule has 0 aromatic heterocycles. The topological polar surface area (TPSA) is 77.4 Å². The molecule has 0 aliphatic rings. The zero-order valence-electron chi connectivity index (χ0n) is 6.81. The molecule has 0 spiro atoms. The minimum Gasteiger partial charge on any atom is -0.768 e. The summed E-state index contributed by atoms with van der Waals surface area (Å²) in [4.78, 5) is 10.6. The van der Waals surface area contributed by atoms with Crippen LogP contribution < -0.4 is 0 Å². The van der Waals surface area contributed by atoms with Crippen LogP contribution in [0.15, 0.2) is 23.1 Å². The number of benzene rings is 1. The minimum absolute atomic E-state index is 0.0111. The number of hydrogen-bond donors (Lipinski definition) is 1. The van der Waals surface area contributed by atoms with Gasteiger partial charge in [0.2, 0.25) is 0 Å². The Hall–Kier alpha value is -1.20. The molecular formula is C8H7O4S-. The lowest BCUT2D eigenvalue weighted by molar-refractivity contribution is 0.0696. The molecule has 1 aromatic rings. The first kappa shape index (κ1) is 9.88. The molecule has 13 heavy (non-hydrogen) atoms. The molecule has 1 unspecified atom stereocenters. The molecule has 0 aliphatic heterocycles. The number of carboxylic acids is 1. The molecule has 0 saturated carbocycles. The first-order valence-electron chi connectivity index (χ1n) is 3.45. The molecular weight excluding hydrogens is 192 g/mol. The van der Waals surface area contributed by atoms with Crippen molar-refractivity contribution in [1.29, 1.82) is 0 Å². The van der Waals surface area contributed by atoms with Gasteiger partial charge >= 0.3 is 5.97 Å². The highest BCUT2D eigenvalue weighted by atomic mass is 32.2. The lowest BCUT2D eigenvalue weighted by Crippen LogP contribution is -2.01.